The van der Waals surface area contributed by atoms with Crippen molar-refractivity contribution in [2.24, 2.45) is 11.8 Å². The zero-order chi connectivity index (χ0) is 31.2. The number of alkyl halides is 5. The number of hydrogen-bond donors (Lipinski definition) is 4. The Bertz CT molecular complexity index is 1500. The molecule has 4 N–H and O–H groups in total. The van der Waals surface area contributed by atoms with E-state index in [0.29, 0.717) is 10.5 Å². The zero-order valence-corrected chi connectivity index (χ0v) is 23.7. The van der Waals surface area contributed by atoms with Gasteiger partial charge in [-0.2, -0.15) is 22.0 Å². The molecular formula is C28H24BrF7N4O2. The van der Waals surface area contributed by atoms with Gasteiger partial charge >= 0.3 is 6.18 Å². The molecule has 0 radical (unpaired) electrons. The highest BCUT2D eigenvalue weighted by molar-refractivity contribution is 9.10. The molecule has 1 saturated carbocycles. The van der Waals surface area contributed by atoms with Crippen molar-refractivity contribution in [3.8, 4) is 11.8 Å². The summed E-state index contributed by atoms with van der Waals surface area (Å²) >= 11 is 3.30. The Kier molecular flexibility index (Phi) is 8.50. The molecule has 6 nitrogen and oxygen atoms in total. The second-order valence-electron chi connectivity index (χ2n) is 10.6. The fourth-order valence-corrected chi connectivity index (χ4v) is 5.22. The Labute approximate surface area is 244 Å². The number of carbonyl (C=O) groups is 1. The van der Waals surface area contributed by atoms with Crippen LogP contribution in [0.2, 0.25) is 0 Å². The number of carbonyl (C=O) groups excluding carboxylic acids is 1. The standard InChI is InChI=1S/C28H24BrF7N4O2/c1-26(2,42)6-5-16-3-4-19(29)23(39-16)20(9-13-7-14(30)10-15(31)8-13)40-21(41)12-38-25-22(24(37)28(34,35)36)17-11-18(17)27(25,32)33/h3-4,7-8,10,17-18,20,37-38,42H,9,11-12H2,1-2H3,(H,40,41)/t17-,18+,20-/m0/s1. The van der Waals surface area contributed by atoms with Crippen LogP contribution >= 0.6 is 15.9 Å². The van der Waals surface area contributed by atoms with Crippen LogP contribution < -0.4 is 10.6 Å². The number of hydrogen-bond acceptors (Lipinski definition) is 5. The smallest absolute Gasteiger partial charge is 0.378 e. The molecule has 2 aromatic rings. The number of nitrogens with zero attached hydrogens (tertiary/aromatic N) is 1. The maximum absolute atomic E-state index is 14.8. The Balaban J connectivity index is 1.62. The lowest BCUT2D eigenvalue weighted by atomic mass is 10.0. The molecule has 3 atom stereocenters. The summed E-state index contributed by atoms with van der Waals surface area (Å²) in [4.78, 5) is 17.3. The number of fused-ring (bicyclic) bond motifs is 1. The van der Waals surface area contributed by atoms with Gasteiger partial charge in [-0.05, 0) is 84.3 Å². The molecular weight excluding hydrogens is 637 g/mol. The molecule has 0 spiro atoms. The van der Waals surface area contributed by atoms with Crippen LogP contribution in [0.3, 0.4) is 0 Å². The van der Waals surface area contributed by atoms with E-state index < -0.39 is 76.6 Å². The van der Waals surface area contributed by atoms with Gasteiger partial charge in [0.1, 0.15) is 28.6 Å². The van der Waals surface area contributed by atoms with Gasteiger partial charge in [-0.15, -0.1) is 0 Å². The number of allylic oxidation sites excluding steroid dienone is 2. The molecule has 0 aliphatic heterocycles. The number of pyridine rings is 1. The van der Waals surface area contributed by atoms with E-state index in [0.717, 1.165) is 12.1 Å². The van der Waals surface area contributed by atoms with Gasteiger partial charge in [0.2, 0.25) is 5.91 Å². The van der Waals surface area contributed by atoms with Crippen molar-refractivity contribution in [2.75, 3.05) is 6.54 Å². The first-order valence-electron chi connectivity index (χ1n) is 12.6. The molecule has 14 heteroatoms. The van der Waals surface area contributed by atoms with Crippen LogP contribution in [0.15, 0.2) is 46.1 Å². The van der Waals surface area contributed by atoms with E-state index in [2.05, 4.69) is 43.4 Å². The highest BCUT2D eigenvalue weighted by Crippen LogP contribution is 2.62. The monoisotopic (exact) mass is 660 g/mol. The van der Waals surface area contributed by atoms with Gasteiger partial charge in [0.05, 0.1) is 24.0 Å². The van der Waals surface area contributed by atoms with Crippen LogP contribution in [0.25, 0.3) is 0 Å². The maximum atomic E-state index is 14.8. The van der Waals surface area contributed by atoms with E-state index >= 15 is 0 Å². The minimum Gasteiger partial charge on any atom is -0.378 e. The van der Waals surface area contributed by atoms with Gasteiger partial charge in [0.25, 0.3) is 5.92 Å². The quantitative estimate of drug-likeness (QED) is 0.174. The van der Waals surface area contributed by atoms with Gasteiger partial charge in [-0.3, -0.25) is 10.2 Å². The molecule has 1 aromatic carbocycles. The largest absolute Gasteiger partial charge is 0.433 e. The van der Waals surface area contributed by atoms with Crippen molar-refractivity contribution in [1.82, 2.24) is 15.6 Å². The third-order valence-electron chi connectivity index (χ3n) is 6.61. The highest BCUT2D eigenvalue weighted by atomic mass is 79.9. The fourth-order valence-electron chi connectivity index (χ4n) is 4.72. The summed E-state index contributed by atoms with van der Waals surface area (Å²) in [5.41, 5.74) is -4.80. The van der Waals surface area contributed by atoms with Crippen molar-refractivity contribution in [3.63, 3.8) is 0 Å². The SMILES string of the molecule is CC(C)(O)C#Cc1ccc(Br)c([C@H](Cc2cc(F)cc(F)c2)NC(=O)CNC2=C(C(=N)C(F)(F)F)[C@H]3C[C@H]3C2(F)F)n1. The summed E-state index contributed by atoms with van der Waals surface area (Å²) in [5.74, 6) is -3.68. The third kappa shape index (κ3) is 7.12. The number of amides is 1. The Morgan fingerprint density at radius 2 is 1.86 bits per heavy atom. The molecule has 1 heterocycles. The average Bonchev–Trinajstić information content (AvgIpc) is 3.61. The molecule has 0 bridgehead atoms. The average molecular weight is 661 g/mol. The topological polar surface area (TPSA) is 98.1 Å². The molecule has 1 aromatic heterocycles. The molecule has 0 unspecified atom stereocenters. The first-order valence-corrected chi connectivity index (χ1v) is 13.3. The molecule has 1 fully saturated rings. The van der Waals surface area contributed by atoms with Gasteiger partial charge in [0, 0.05) is 22.0 Å². The van der Waals surface area contributed by atoms with Gasteiger partial charge in [0.15, 0.2) is 0 Å². The van der Waals surface area contributed by atoms with Crippen molar-refractivity contribution in [3.05, 3.63) is 74.7 Å². The molecule has 0 saturated heterocycles. The normalized spacial score (nSPS) is 19.9. The maximum Gasteiger partial charge on any atom is 0.433 e. The van der Waals surface area contributed by atoms with Gasteiger partial charge < -0.3 is 15.7 Å². The summed E-state index contributed by atoms with van der Waals surface area (Å²) in [7, 11) is 0. The van der Waals surface area contributed by atoms with E-state index in [1.165, 1.54) is 26.0 Å². The van der Waals surface area contributed by atoms with Crippen molar-refractivity contribution in [1.29, 1.82) is 5.41 Å². The minimum atomic E-state index is -5.15. The van der Waals surface area contributed by atoms with E-state index in [1.807, 2.05) is 0 Å². The highest BCUT2D eigenvalue weighted by Gasteiger charge is 2.67. The van der Waals surface area contributed by atoms with Crippen LogP contribution in [0.5, 0.6) is 0 Å². The van der Waals surface area contributed by atoms with E-state index in [-0.39, 0.29) is 29.8 Å². The lowest BCUT2D eigenvalue weighted by Gasteiger charge is -2.23. The summed E-state index contributed by atoms with van der Waals surface area (Å²) in [5, 5.41) is 22.0. The first-order chi connectivity index (χ1) is 19.4. The van der Waals surface area contributed by atoms with Crippen LogP contribution in [0, 0.1) is 40.7 Å². The van der Waals surface area contributed by atoms with Gasteiger partial charge in [-0.25, -0.2) is 13.8 Å². The lowest BCUT2D eigenvalue weighted by Crippen LogP contribution is -2.41. The lowest BCUT2D eigenvalue weighted by molar-refractivity contribution is -0.121. The molecule has 4 rings (SSSR count). The van der Waals surface area contributed by atoms with Gasteiger partial charge in [-0.1, -0.05) is 5.92 Å². The molecule has 224 valence electrons. The fraction of sp³-hybridized carbons (Fsp3) is 0.393. The molecule has 1 amide bonds. The number of aliphatic hydroxyl groups is 1. The second-order valence-corrected chi connectivity index (χ2v) is 11.4. The molecule has 2 aliphatic carbocycles. The van der Waals surface area contributed by atoms with E-state index in [1.54, 1.807) is 0 Å². The number of rotatable bonds is 8. The number of halogens is 8. The van der Waals surface area contributed by atoms with Crippen LogP contribution in [-0.4, -0.2) is 46.0 Å². The summed E-state index contributed by atoms with van der Waals surface area (Å²) in [6.07, 6.45) is -5.57. The molecule has 2 aliphatic rings. The zero-order valence-electron chi connectivity index (χ0n) is 22.1. The van der Waals surface area contributed by atoms with Crippen LogP contribution in [-0.2, 0) is 11.2 Å². The van der Waals surface area contributed by atoms with Crippen LogP contribution in [0.4, 0.5) is 30.7 Å². The minimum absolute atomic E-state index is 0.110. The van der Waals surface area contributed by atoms with E-state index in [9.17, 15) is 40.6 Å². The van der Waals surface area contributed by atoms with Crippen LogP contribution in [0.1, 0.15) is 43.3 Å². The Hall–Kier alpha value is -3.44. The summed E-state index contributed by atoms with van der Waals surface area (Å²) in [6.45, 7) is 2.01. The van der Waals surface area contributed by atoms with Crippen molar-refractivity contribution >= 4 is 27.5 Å². The summed E-state index contributed by atoms with van der Waals surface area (Å²) in [6, 6.07) is 4.63. The first kappa shape index (κ1) is 31.5. The van der Waals surface area contributed by atoms with E-state index in [4.69, 9.17) is 5.41 Å². The Morgan fingerprint density at radius 1 is 1.21 bits per heavy atom. The second kappa shape index (κ2) is 11.3. The summed E-state index contributed by atoms with van der Waals surface area (Å²) < 4.78 is 97.5. The number of aromatic nitrogens is 1. The predicted molar refractivity (Wildman–Crippen MR) is 141 cm³/mol. The van der Waals surface area contributed by atoms with Crippen molar-refractivity contribution < 1.29 is 40.6 Å². The van der Waals surface area contributed by atoms with Crippen molar-refractivity contribution in [2.45, 2.75) is 50.4 Å². The molecule has 42 heavy (non-hydrogen) atoms. The predicted octanol–water partition coefficient (Wildman–Crippen LogP) is 5.36. The Morgan fingerprint density at radius 3 is 2.45 bits per heavy atom. The number of nitrogens with one attached hydrogen (secondary N) is 3. The number of benzene rings is 1. The third-order valence-corrected chi connectivity index (χ3v) is 7.28.